The van der Waals surface area contributed by atoms with Gasteiger partial charge in [0.25, 0.3) is 0 Å². The number of hydrogen-bond donors (Lipinski definition) is 0. The zero-order chi connectivity index (χ0) is 15.9. The van der Waals surface area contributed by atoms with E-state index in [1.165, 1.54) is 4.88 Å². The van der Waals surface area contributed by atoms with Gasteiger partial charge in [0.1, 0.15) is 0 Å². The average molecular weight is 321 g/mol. The second-order valence-corrected chi connectivity index (χ2v) is 6.77. The van der Waals surface area contributed by atoms with Crippen molar-refractivity contribution in [1.29, 1.82) is 0 Å². The number of nitrogens with zero attached hydrogens (tertiary/aromatic N) is 3. The molecule has 1 aromatic heterocycles. The smallest absolute Gasteiger partial charge is 0.240 e. The van der Waals surface area contributed by atoms with Gasteiger partial charge >= 0.3 is 0 Å². The molecule has 1 unspecified atom stereocenters. The molecule has 0 spiro atoms. The third kappa shape index (κ3) is 4.41. The molecule has 1 atom stereocenters. The number of carbonyl (C=O) groups is 1. The Morgan fingerprint density at radius 3 is 2.73 bits per heavy atom. The standard InChI is InChI=1S/C17H27N3OS/c1-4-8-20(14-16-7-6-13-22-16)17(21)15(3)19-11-9-18(5-2)10-12-19/h4,6-7,13,15H,1,5,8-12,14H2,2-3H3. The van der Waals surface area contributed by atoms with Crippen LogP contribution in [-0.4, -0.2) is 65.9 Å². The number of hydrogen-bond acceptors (Lipinski definition) is 4. The maximum absolute atomic E-state index is 12.8. The molecule has 4 nitrogen and oxygen atoms in total. The average Bonchev–Trinajstić information content (AvgIpc) is 3.06. The van der Waals surface area contributed by atoms with Crippen LogP contribution in [0.4, 0.5) is 0 Å². The van der Waals surface area contributed by atoms with Gasteiger partial charge in [0.05, 0.1) is 12.6 Å². The highest BCUT2D eigenvalue weighted by atomic mass is 32.1. The number of rotatable bonds is 7. The molecule has 0 aliphatic carbocycles. The molecule has 1 aromatic rings. The van der Waals surface area contributed by atoms with Crippen molar-refractivity contribution in [2.45, 2.75) is 26.4 Å². The lowest BCUT2D eigenvalue weighted by Crippen LogP contribution is -2.54. The molecule has 1 amide bonds. The van der Waals surface area contributed by atoms with Crippen molar-refractivity contribution < 1.29 is 4.79 Å². The van der Waals surface area contributed by atoms with E-state index in [-0.39, 0.29) is 11.9 Å². The molecule has 1 aliphatic rings. The van der Waals surface area contributed by atoms with Gasteiger partial charge in [-0.2, -0.15) is 0 Å². The number of amides is 1. The lowest BCUT2D eigenvalue weighted by atomic mass is 10.2. The topological polar surface area (TPSA) is 26.8 Å². The van der Waals surface area contributed by atoms with Crippen molar-refractivity contribution in [2.75, 3.05) is 39.3 Å². The highest BCUT2D eigenvalue weighted by Crippen LogP contribution is 2.15. The Balaban J connectivity index is 1.95. The van der Waals surface area contributed by atoms with Gasteiger partial charge in [-0.15, -0.1) is 17.9 Å². The first-order valence-corrected chi connectivity index (χ1v) is 8.92. The fourth-order valence-electron chi connectivity index (χ4n) is 2.87. The number of piperazine rings is 1. The van der Waals surface area contributed by atoms with Crippen LogP contribution in [0.5, 0.6) is 0 Å². The van der Waals surface area contributed by atoms with Crippen molar-refractivity contribution in [3.8, 4) is 0 Å². The highest BCUT2D eigenvalue weighted by molar-refractivity contribution is 7.09. The van der Waals surface area contributed by atoms with E-state index >= 15 is 0 Å². The minimum Gasteiger partial charge on any atom is -0.332 e. The van der Waals surface area contributed by atoms with E-state index < -0.39 is 0 Å². The number of likely N-dealkylation sites (N-methyl/N-ethyl adjacent to an activating group) is 1. The van der Waals surface area contributed by atoms with E-state index in [4.69, 9.17) is 0 Å². The fourth-order valence-corrected chi connectivity index (χ4v) is 3.59. The molecule has 0 N–H and O–H groups in total. The molecule has 2 heterocycles. The monoisotopic (exact) mass is 321 g/mol. The summed E-state index contributed by atoms with van der Waals surface area (Å²) in [6, 6.07) is 4.06. The van der Waals surface area contributed by atoms with Crippen LogP contribution in [0.1, 0.15) is 18.7 Å². The van der Waals surface area contributed by atoms with Crippen LogP contribution in [0.2, 0.25) is 0 Å². The van der Waals surface area contributed by atoms with Crippen molar-refractivity contribution >= 4 is 17.2 Å². The molecule has 0 bridgehead atoms. The van der Waals surface area contributed by atoms with Gasteiger partial charge in [-0.05, 0) is 24.9 Å². The number of carbonyl (C=O) groups excluding carboxylic acids is 1. The molecule has 122 valence electrons. The quantitative estimate of drug-likeness (QED) is 0.721. The van der Waals surface area contributed by atoms with Crippen LogP contribution in [0, 0.1) is 0 Å². The Bertz CT molecular complexity index is 466. The Morgan fingerprint density at radius 1 is 1.45 bits per heavy atom. The molecule has 1 fully saturated rings. The second-order valence-electron chi connectivity index (χ2n) is 5.73. The Morgan fingerprint density at radius 2 is 2.18 bits per heavy atom. The lowest BCUT2D eigenvalue weighted by molar-refractivity contribution is -0.137. The van der Waals surface area contributed by atoms with Gasteiger partial charge in [-0.25, -0.2) is 0 Å². The summed E-state index contributed by atoms with van der Waals surface area (Å²) in [5.41, 5.74) is 0. The van der Waals surface area contributed by atoms with E-state index in [9.17, 15) is 4.79 Å². The Kier molecular flexibility index (Phi) is 6.61. The Labute approximate surface area is 138 Å². The molecule has 0 aromatic carbocycles. The van der Waals surface area contributed by atoms with Gasteiger partial charge in [-0.1, -0.05) is 19.1 Å². The molecule has 0 saturated carbocycles. The SMILES string of the molecule is C=CCN(Cc1cccs1)C(=O)C(C)N1CCN(CC)CC1. The summed E-state index contributed by atoms with van der Waals surface area (Å²) in [5, 5.41) is 2.05. The van der Waals surface area contributed by atoms with E-state index in [0.717, 1.165) is 32.7 Å². The van der Waals surface area contributed by atoms with Gasteiger partial charge < -0.3 is 9.80 Å². The normalized spacial score (nSPS) is 18.1. The molecule has 0 radical (unpaired) electrons. The third-order valence-electron chi connectivity index (χ3n) is 4.35. The maximum Gasteiger partial charge on any atom is 0.240 e. The van der Waals surface area contributed by atoms with Crippen LogP contribution >= 0.6 is 11.3 Å². The van der Waals surface area contributed by atoms with Gasteiger partial charge in [-0.3, -0.25) is 9.69 Å². The number of thiophene rings is 1. The summed E-state index contributed by atoms with van der Waals surface area (Å²) in [4.78, 5) is 20.7. The molecule has 1 saturated heterocycles. The van der Waals surface area contributed by atoms with Crippen molar-refractivity contribution in [1.82, 2.24) is 14.7 Å². The zero-order valence-electron chi connectivity index (χ0n) is 13.7. The van der Waals surface area contributed by atoms with Crippen molar-refractivity contribution in [3.63, 3.8) is 0 Å². The van der Waals surface area contributed by atoms with Crippen LogP contribution < -0.4 is 0 Å². The van der Waals surface area contributed by atoms with Crippen LogP contribution in [0.25, 0.3) is 0 Å². The van der Waals surface area contributed by atoms with E-state index in [1.54, 1.807) is 11.3 Å². The van der Waals surface area contributed by atoms with Gasteiger partial charge in [0.15, 0.2) is 0 Å². The van der Waals surface area contributed by atoms with Crippen molar-refractivity contribution in [2.24, 2.45) is 0 Å². The summed E-state index contributed by atoms with van der Waals surface area (Å²) >= 11 is 1.70. The maximum atomic E-state index is 12.8. The molecular weight excluding hydrogens is 294 g/mol. The van der Waals surface area contributed by atoms with Crippen LogP contribution in [0.3, 0.4) is 0 Å². The molecule has 2 rings (SSSR count). The molecule has 1 aliphatic heterocycles. The Hall–Kier alpha value is -1.17. The third-order valence-corrected chi connectivity index (χ3v) is 5.21. The molecule has 5 heteroatoms. The van der Waals surface area contributed by atoms with Gasteiger partial charge in [0, 0.05) is 37.6 Å². The zero-order valence-corrected chi connectivity index (χ0v) is 14.5. The fraction of sp³-hybridized carbons (Fsp3) is 0.588. The molecular formula is C17H27N3OS. The first-order valence-electron chi connectivity index (χ1n) is 8.04. The van der Waals surface area contributed by atoms with E-state index in [1.807, 2.05) is 24.0 Å². The predicted octanol–water partition coefficient (Wildman–Crippen LogP) is 2.29. The minimum atomic E-state index is -0.0566. The van der Waals surface area contributed by atoms with E-state index in [0.29, 0.717) is 13.1 Å². The van der Waals surface area contributed by atoms with Crippen molar-refractivity contribution in [3.05, 3.63) is 35.0 Å². The second kappa shape index (κ2) is 8.46. The lowest BCUT2D eigenvalue weighted by Gasteiger charge is -2.38. The largest absolute Gasteiger partial charge is 0.332 e. The van der Waals surface area contributed by atoms with Gasteiger partial charge in [0.2, 0.25) is 5.91 Å². The van der Waals surface area contributed by atoms with Crippen LogP contribution in [0.15, 0.2) is 30.2 Å². The van der Waals surface area contributed by atoms with Crippen LogP contribution in [-0.2, 0) is 11.3 Å². The summed E-state index contributed by atoms with van der Waals surface area (Å²) in [6.07, 6.45) is 1.81. The first-order chi connectivity index (χ1) is 10.7. The summed E-state index contributed by atoms with van der Waals surface area (Å²) < 4.78 is 0. The minimum absolute atomic E-state index is 0.0566. The first kappa shape index (κ1) is 17.2. The summed E-state index contributed by atoms with van der Waals surface area (Å²) in [7, 11) is 0. The molecule has 22 heavy (non-hydrogen) atoms. The summed E-state index contributed by atoms with van der Waals surface area (Å²) in [5.74, 6) is 0.207. The van der Waals surface area contributed by atoms with E-state index in [2.05, 4.69) is 34.7 Å². The predicted molar refractivity (Wildman–Crippen MR) is 93.1 cm³/mol. The summed E-state index contributed by atoms with van der Waals surface area (Å²) in [6.45, 7) is 14.5. The highest BCUT2D eigenvalue weighted by Gasteiger charge is 2.28.